The topological polar surface area (TPSA) is 73.8 Å². The molecule has 0 fully saturated rings. The summed E-state index contributed by atoms with van der Waals surface area (Å²) >= 11 is 6.15. The maximum absolute atomic E-state index is 10.9. The fraction of sp³-hybridized carbons (Fsp3) is 0.217. The zero-order chi connectivity index (χ0) is 21.3. The van der Waals surface area contributed by atoms with E-state index in [0.29, 0.717) is 35.4 Å². The summed E-state index contributed by atoms with van der Waals surface area (Å²) in [5.74, 6) is 0.844. The Morgan fingerprint density at radius 1 is 1.10 bits per heavy atom. The van der Waals surface area contributed by atoms with E-state index in [0.717, 1.165) is 39.8 Å². The fourth-order valence-electron chi connectivity index (χ4n) is 3.62. The van der Waals surface area contributed by atoms with E-state index in [1.807, 2.05) is 67.9 Å². The van der Waals surface area contributed by atoms with Gasteiger partial charge in [-0.15, -0.1) is 0 Å². The van der Waals surface area contributed by atoms with Crippen LogP contribution in [0.4, 0.5) is 0 Å². The minimum Gasteiger partial charge on any atom is -0.332 e. The van der Waals surface area contributed by atoms with Crippen LogP contribution in [0.15, 0.2) is 47.0 Å². The first-order valence-electron chi connectivity index (χ1n) is 9.72. The summed E-state index contributed by atoms with van der Waals surface area (Å²) < 4.78 is 7.40. The van der Waals surface area contributed by atoms with Gasteiger partial charge in [0, 0.05) is 29.1 Å². The summed E-state index contributed by atoms with van der Waals surface area (Å²) in [6.45, 7) is 6.68. The molecule has 0 bridgehead atoms. The molecule has 0 aliphatic carbocycles. The van der Waals surface area contributed by atoms with Gasteiger partial charge in [-0.25, -0.2) is 0 Å². The molecule has 2 heterocycles. The van der Waals surface area contributed by atoms with Gasteiger partial charge in [-0.3, -0.25) is 4.68 Å². The molecule has 0 saturated carbocycles. The van der Waals surface area contributed by atoms with Crippen LogP contribution in [0.2, 0.25) is 5.02 Å². The lowest BCUT2D eigenvalue weighted by Crippen LogP contribution is -1.99. The van der Waals surface area contributed by atoms with E-state index in [2.05, 4.69) is 15.2 Å². The van der Waals surface area contributed by atoms with Crippen LogP contribution in [0, 0.1) is 13.8 Å². The Kier molecular flexibility index (Phi) is 5.50. The Labute approximate surface area is 179 Å². The van der Waals surface area contributed by atoms with Gasteiger partial charge in [0.25, 0.3) is 5.89 Å². The largest absolute Gasteiger partial charge is 0.332 e. The number of carbonyl (C=O) groups is 1. The minimum atomic E-state index is 0.354. The zero-order valence-electron chi connectivity index (χ0n) is 17.0. The van der Waals surface area contributed by atoms with Crippen molar-refractivity contribution in [3.8, 4) is 34.2 Å². The molecule has 4 rings (SSSR count). The lowest BCUT2D eigenvalue weighted by Gasteiger charge is -2.08. The lowest BCUT2D eigenvalue weighted by atomic mass is 9.97. The maximum atomic E-state index is 10.9. The van der Waals surface area contributed by atoms with E-state index in [4.69, 9.17) is 16.1 Å². The van der Waals surface area contributed by atoms with E-state index in [1.54, 1.807) is 0 Å². The van der Waals surface area contributed by atoms with E-state index < -0.39 is 0 Å². The maximum Gasteiger partial charge on any atom is 0.278 e. The van der Waals surface area contributed by atoms with E-state index >= 15 is 0 Å². The molecular weight excluding hydrogens is 400 g/mol. The molecule has 0 spiro atoms. The number of aldehydes is 1. The van der Waals surface area contributed by atoms with Gasteiger partial charge in [-0.1, -0.05) is 28.9 Å². The Balaban J connectivity index is 1.71. The van der Waals surface area contributed by atoms with Crippen LogP contribution in [-0.4, -0.2) is 26.2 Å². The van der Waals surface area contributed by atoms with Gasteiger partial charge in [0.1, 0.15) is 6.29 Å². The summed E-state index contributed by atoms with van der Waals surface area (Å²) in [4.78, 5) is 15.5. The van der Waals surface area contributed by atoms with Crippen LogP contribution in [-0.2, 0) is 17.8 Å². The van der Waals surface area contributed by atoms with Gasteiger partial charge in [0.05, 0.1) is 5.69 Å². The number of halogens is 1. The van der Waals surface area contributed by atoms with E-state index in [-0.39, 0.29) is 0 Å². The monoisotopic (exact) mass is 420 g/mol. The Hall–Kier alpha value is -3.25. The van der Waals surface area contributed by atoms with Gasteiger partial charge in [0.2, 0.25) is 5.82 Å². The van der Waals surface area contributed by atoms with Crippen LogP contribution in [0.1, 0.15) is 23.6 Å². The second kappa shape index (κ2) is 8.24. The Morgan fingerprint density at radius 2 is 1.87 bits per heavy atom. The summed E-state index contributed by atoms with van der Waals surface area (Å²) in [7, 11) is 0. The molecule has 0 N–H and O–H groups in total. The second-order valence-electron chi connectivity index (χ2n) is 7.12. The van der Waals surface area contributed by atoms with Crippen molar-refractivity contribution < 1.29 is 9.32 Å². The molecule has 2 aromatic carbocycles. The van der Waals surface area contributed by atoms with Gasteiger partial charge in [-0.05, 0) is 67.8 Å². The van der Waals surface area contributed by atoms with Crippen molar-refractivity contribution in [2.45, 2.75) is 33.7 Å². The quantitative estimate of drug-likeness (QED) is 0.396. The third-order valence-corrected chi connectivity index (χ3v) is 5.32. The highest BCUT2D eigenvalue weighted by Crippen LogP contribution is 2.29. The molecule has 30 heavy (non-hydrogen) atoms. The predicted octanol–water partition coefficient (Wildman–Crippen LogP) is 5.30. The Morgan fingerprint density at radius 3 is 2.53 bits per heavy atom. The minimum absolute atomic E-state index is 0.354. The lowest BCUT2D eigenvalue weighted by molar-refractivity contribution is -0.107. The summed E-state index contributed by atoms with van der Waals surface area (Å²) in [6, 6.07) is 13.5. The normalized spacial score (nSPS) is 11.1. The standard InChI is InChI=1S/C23H21ClN4O2/c1-4-28-21(16-6-5-7-18(24)12-16)13-20(26-28)23-25-22(27-30-23)17-10-14(2)19(8-9-29)15(3)11-17/h5-7,9-13H,4,8H2,1-3H3. The number of aromatic nitrogens is 4. The molecule has 0 aliphatic heterocycles. The number of aryl methyl sites for hydroxylation is 3. The van der Waals surface area contributed by atoms with Crippen LogP contribution < -0.4 is 0 Å². The smallest absolute Gasteiger partial charge is 0.278 e. The predicted molar refractivity (Wildman–Crippen MR) is 116 cm³/mol. The summed E-state index contributed by atoms with van der Waals surface area (Å²) in [6.07, 6.45) is 1.32. The van der Waals surface area contributed by atoms with Crippen LogP contribution in [0.25, 0.3) is 34.2 Å². The number of carbonyl (C=O) groups excluding carboxylic acids is 1. The molecule has 0 aliphatic rings. The van der Waals surface area contributed by atoms with E-state index in [1.165, 1.54) is 0 Å². The highest BCUT2D eigenvalue weighted by Gasteiger charge is 2.18. The first-order valence-corrected chi connectivity index (χ1v) is 10.1. The van der Waals surface area contributed by atoms with E-state index in [9.17, 15) is 4.79 Å². The number of nitrogens with zero attached hydrogens (tertiary/aromatic N) is 4. The molecule has 0 amide bonds. The summed E-state index contributed by atoms with van der Waals surface area (Å²) in [5.41, 5.74) is 6.45. The van der Waals surface area contributed by atoms with Gasteiger partial charge in [-0.2, -0.15) is 10.1 Å². The molecular formula is C23H21ClN4O2. The van der Waals surface area contributed by atoms with Crippen molar-refractivity contribution >= 4 is 17.9 Å². The average molecular weight is 421 g/mol. The van der Waals surface area contributed by atoms with Gasteiger partial charge >= 0.3 is 0 Å². The molecule has 2 aromatic heterocycles. The third-order valence-electron chi connectivity index (χ3n) is 5.09. The van der Waals surface area contributed by atoms with Crippen molar-refractivity contribution in [3.63, 3.8) is 0 Å². The van der Waals surface area contributed by atoms with Crippen molar-refractivity contribution in [2.75, 3.05) is 0 Å². The number of rotatable bonds is 6. The Bertz CT molecular complexity index is 1200. The molecule has 0 saturated heterocycles. The first-order chi connectivity index (χ1) is 14.5. The van der Waals surface area contributed by atoms with Crippen LogP contribution in [0.3, 0.4) is 0 Å². The number of hydrogen-bond donors (Lipinski definition) is 0. The zero-order valence-corrected chi connectivity index (χ0v) is 17.8. The molecule has 0 unspecified atom stereocenters. The molecule has 0 atom stereocenters. The second-order valence-corrected chi connectivity index (χ2v) is 7.56. The number of hydrogen-bond acceptors (Lipinski definition) is 5. The van der Waals surface area contributed by atoms with Crippen molar-refractivity contribution in [1.29, 1.82) is 0 Å². The van der Waals surface area contributed by atoms with Crippen molar-refractivity contribution in [1.82, 2.24) is 19.9 Å². The molecule has 6 nitrogen and oxygen atoms in total. The van der Waals surface area contributed by atoms with Gasteiger partial charge in [0.15, 0.2) is 5.69 Å². The number of benzene rings is 2. The first kappa shape index (κ1) is 20.0. The highest BCUT2D eigenvalue weighted by atomic mass is 35.5. The van der Waals surface area contributed by atoms with Crippen LogP contribution >= 0.6 is 11.6 Å². The van der Waals surface area contributed by atoms with Crippen LogP contribution in [0.5, 0.6) is 0 Å². The average Bonchev–Trinajstić information content (AvgIpc) is 3.37. The molecule has 7 heteroatoms. The highest BCUT2D eigenvalue weighted by molar-refractivity contribution is 6.30. The van der Waals surface area contributed by atoms with Crippen molar-refractivity contribution in [3.05, 3.63) is 64.2 Å². The third kappa shape index (κ3) is 3.78. The fourth-order valence-corrected chi connectivity index (χ4v) is 3.81. The molecule has 0 radical (unpaired) electrons. The SMILES string of the molecule is CCn1nc(-c2nc(-c3cc(C)c(CC=O)c(C)c3)no2)cc1-c1cccc(Cl)c1. The van der Waals surface area contributed by atoms with Crippen molar-refractivity contribution in [2.24, 2.45) is 0 Å². The summed E-state index contributed by atoms with van der Waals surface area (Å²) in [5, 5.41) is 9.44. The molecule has 152 valence electrons. The van der Waals surface area contributed by atoms with Gasteiger partial charge < -0.3 is 9.32 Å². The molecule has 4 aromatic rings.